The molecule has 0 radical (unpaired) electrons. The Bertz CT molecular complexity index is 698. The van der Waals surface area contributed by atoms with Gasteiger partial charge in [0.25, 0.3) is 0 Å². The largest absolute Gasteiger partial charge is 0.444 e. The minimum absolute atomic E-state index is 0.271. The van der Waals surface area contributed by atoms with E-state index in [1.807, 2.05) is 30.3 Å². The van der Waals surface area contributed by atoms with Crippen molar-refractivity contribution in [2.75, 3.05) is 0 Å². The Labute approximate surface area is 185 Å². The predicted octanol–water partition coefficient (Wildman–Crippen LogP) is 2.92. The van der Waals surface area contributed by atoms with Crippen LogP contribution in [0.2, 0.25) is 0 Å². The van der Waals surface area contributed by atoms with Gasteiger partial charge in [-0.25, -0.2) is 4.79 Å². The minimum Gasteiger partial charge on any atom is -0.444 e. The Hall–Kier alpha value is -2.12. The van der Waals surface area contributed by atoms with Gasteiger partial charge in [-0.15, -0.1) is 0 Å². The highest BCUT2D eigenvalue weighted by molar-refractivity contribution is 5.77. The van der Waals surface area contributed by atoms with Gasteiger partial charge in [-0.3, -0.25) is 4.79 Å². The van der Waals surface area contributed by atoms with Crippen molar-refractivity contribution >= 4 is 12.0 Å². The van der Waals surface area contributed by atoms with Crippen molar-refractivity contribution in [2.24, 2.45) is 17.6 Å². The average molecular weight is 435 g/mol. The molecule has 7 nitrogen and oxygen atoms in total. The van der Waals surface area contributed by atoms with Gasteiger partial charge in [0.15, 0.2) is 0 Å². The SMILES string of the molecule is CC(C)(C)OC(=O)N[C@@H](Cc1ccccc1)[C@H](O)[C@@H](O)[C@H](CC1CCCCC1)C(N)=O. The van der Waals surface area contributed by atoms with Gasteiger partial charge in [0, 0.05) is 0 Å². The Morgan fingerprint density at radius 3 is 2.26 bits per heavy atom. The van der Waals surface area contributed by atoms with Crippen LogP contribution in [-0.4, -0.2) is 46.1 Å². The lowest BCUT2D eigenvalue weighted by Gasteiger charge is -2.33. The van der Waals surface area contributed by atoms with E-state index in [1.165, 1.54) is 6.42 Å². The molecule has 1 saturated carbocycles. The first-order valence-corrected chi connectivity index (χ1v) is 11.3. The molecule has 0 spiro atoms. The van der Waals surface area contributed by atoms with E-state index < -0.39 is 41.8 Å². The summed E-state index contributed by atoms with van der Waals surface area (Å²) in [6.07, 6.45) is 2.64. The van der Waals surface area contributed by atoms with Gasteiger partial charge in [-0.2, -0.15) is 0 Å². The molecule has 1 aliphatic rings. The summed E-state index contributed by atoms with van der Waals surface area (Å²) in [6, 6.07) is 8.49. The van der Waals surface area contributed by atoms with E-state index in [1.54, 1.807) is 20.8 Å². The van der Waals surface area contributed by atoms with Gasteiger partial charge in [-0.05, 0) is 45.1 Å². The summed E-state index contributed by atoms with van der Waals surface area (Å²) in [4.78, 5) is 24.5. The first-order valence-electron chi connectivity index (χ1n) is 11.3. The van der Waals surface area contributed by atoms with Gasteiger partial charge in [0.1, 0.15) is 11.7 Å². The standard InChI is InChI=1S/C24H38N2O5/c1-24(2,3)31-23(30)26-19(15-17-12-8-5-9-13-17)21(28)20(27)18(22(25)29)14-16-10-6-4-7-11-16/h5,8-9,12-13,16,18-21,27-28H,4,6-7,10-11,14-15H2,1-3H3,(H2,25,29)(H,26,30)/t18-,19-,20-,21-/m0/s1. The monoisotopic (exact) mass is 434 g/mol. The molecular weight excluding hydrogens is 396 g/mol. The van der Waals surface area contributed by atoms with Gasteiger partial charge in [0.2, 0.25) is 5.91 Å². The third-order valence-electron chi connectivity index (χ3n) is 5.85. The molecule has 0 unspecified atom stereocenters. The van der Waals surface area contributed by atoms with Crippen LogP contribution in [0.3, 0.4) is 0 Å². The Balaban J connectivity index is 2.16. The zero-order chi connectivity index (χ0) is 23.0. The van der Waals surface area contributed by atoms with Gasteiger partial charge >= 0.3 is 6.09 Å². The Kier molecular flexibility index (Phi) is 9.32. The summed E-state index contributed by atoms with van der Waals surface area (Å²) >= 11 is 0. The van der Waals surface area contributed by atoms with Crippen LogP contribution in [0.25, 0.3) is 0 Å². The normalized spacial score (nSPS) is 19.1. The molecule has 0 aliphatic heterocycles. The molecule has 0 heterocycles. The van der Waals surface area contributed by atoms with Crippen molar-refractivity contribution in [3.8, 4) is 0 Å². The predicted molar refractivity (Wildman–Crippen MR) is 119 cm³/mol. The first-order chi connectivity index (χ1) is 14.6. The molecule has 4 atom stereocenters. The number of nitrogens with two attached hydrogens (primary N) is 1. The number of primary amides is 1. The summed E-state index contributed by atoms with van der Waals surface area (Å²) in [7, 11) is 0. The fraction of sp³-hybridized carbons (Fsp3) is 0.667. The molecule has 174 valence electrons. The average Bonchev–Trinajstić information content (AvgIpc) is 2.70. The lowest BCUT2D eigenvalue weighted by Crippen LogP contribution is -2.54. The maximum Gasteiger partial charge on any atom is 0.407 e. The molecule has 1 aliphatic carbocycles. The number of hydrogen-bond donors (Lipinski definition) is 4. The molecule has 31 heavy (non-hydrogen) atoms. The summed E-state index contributed by atoms with van der Waals surface area (Å²) < 4.78 is 5.33. The van der Waals surface area contributed by atoms with Crippen LogP contribution in [0.15, 0.2) is 30.3 Å². The van der Waals surface area contributed by atoms with Gasteiger partial charge < -0.3 is 26.0 Å². The zero-order valence-corrected chi connectivity index (χ0v) is 18.9. The minimum atomic E-state index is -1.39. The second-order valence-electron chi connectivity index (χ2n) is 9.67. The summed E-state index contributed by atoms with van der Waals surface area (Å²) in [5.41, 5.74) is 5.77. The van der Waals surface area contributed by atoms with Crippen LogP contribution in [-0.2, 0) is 16.0 Å². The lowest BCUT2D eigenvalue weighted by molar-refractivity contribution is -0.131. The van der Waals surface area contributed by atoms with Crippen LogP contribution in [0, 0.1) is 11.8 Å². The summed E-state index contributed by atoms with van der Waals surface area (Å²) in [5, 5.41) is 24.6. The van der Waals surface area contributed by atoms with Crippen LogP contribution in [0.4, 0.5) is 4.79 Å². The molecular formula is C24H38N2O5. The van der Waals surface area contributed by atoms with E-state index in [0.717, 1.165) is 31.2 Å². The topological polar surface area (TPSA) is 122 Å². The second kappa shape index (κ2) is 11.5. The number of carbonyl (C=O) groups is 2. The molecule has 0 aromatic heterocycles. The number of carbonyl (C=O) groups excluding carboxylic acids is 2. The number of aliphatic hydroxyl groups excluding tert-OH is 2. The van der Waals surface area contributed by atoms with E-state index >= 15 is 0 Å². The number of amides is 2. The van der Waals surface area contributed by atoms with Gasteiger partial charge in [-0.1, -0.05) is 62.4 Å². The molecule has 1 fully saturated rings. The number of rotatable bonds is 9. The van der Waals surface area contributed by atoms with Crippen molar-refractivity contribution in [3.05, 3.63) is 35.9 Å². The summed E-state index contributed by atoms with van der Waals surface area (Å²) in [6.45, 7) is 5.24. The molecule has 1 aromatic carbocycles. The van der Waals surface area contributed by atoms with Crippen LogP contribution < -0.4 is 11.1 Å². The fourth-order valence-electron chi connectivity index (χ4n) is 4.27. The van der Waals surface area contributed by atoms with Crippen molar-refractivity contribution < 1.29 is 24.5 Å². The quantitative estimate of drug-likeness (QED) is 0.476. The molecule has 2 rings (SSSR count). The molecule has 2 amide bonds. The maximum atomic E-state index is 12.4. The molecule has 0 bridgehead atoms. The number of ether oxygens (including phenoxy) is 1. The van der Waals surface area contributed by atoms with Crippen molar-refractivity contribution in [1.29, 1.82) is 0 Å². The number of hydrogen-bond acceptors (Lipinski definition) is 5. The number of benzene rings is 1. The summed E-state index contributed by atoms with van der Waals surface area (Å²) in [5.74, 6) is -1.20. The number of alkyl carbamates (subject to hydrolysis) is 1. The number of aliphatic hydroxyl groups is 2. The van der Waals surface area contributed by atoms with Crippen LogP contribution in [0.5, 0.6) is 0 Å². The van der Waals surface area contributed by atoms with E-state index in [2.05, 4.69) is 5.32 Å². The Morgan fingerprint density at radius 1 is 1.10 bits per heavy atom. The lowest BCUT2D eigenvalue weighted by atomic mass is 9.79. The van der Waals surface area contributed by atoms with Crippen LogP contribution >= 0.6 is 0 Å². The Morgan fingerprint density at radius 2 is 1.71 bits per heavy atom. The third kappa shape index (κ3) is 8.50. The number of nitrogens with one attached hydrogen (secondary N) is 1. The molecule has 7 heteroatoms. The maximum absolute atomic E-state index is 12.4. The zero-order valence-electron chi connectivity index (χ0n) is 18.9. The highest BCUT2D eigenvalue weighted by Gasteiger charge is 2.38. The molecule has 1 aromatic rings. The van der Waals surface area contributed by atoms with E-state index in [4.69, 9.17) is 10.5 Å². The van der Waals surface area contributed by atoms with Crippen LogP contribution in [0.1, 0.15) is 64.9 Å². The molecule has 5 N–H and O–H groups in total. The highest BCUT2D eigenvalue weighted by Crippen LogP contribution is 2.31. The first kappa shape index (κ1) is 25.1. The third-order valence-corrected chi connectivity index (χ3v) is 5.85. The van der Waals surface area contributed by atoms with E-state index in [-0.39, 0.29) is 6.42 Å². The van der Waals surface area contributed by atoms with Gasteiger partial charge in [0.05, 0.1) is 18.1 Å². The van der Waals surface area contributed by atoms with Crippen molar-refractivity contribution in [2.45, 2.75) is 89.6 Å². The van der Waals surface area contributed by atoms with Crippen molar-refractivity contribution in [3.63, 3.8) is 0 Å². The van der Waals surface area contributed by atoms with E-state index in [9.17, 15) is 19.8 Å². The van der Waals surface area contributed by atoms with Crippen molar-refractivity contribution in [1.82, 2.24) is 5.32 Å². The molecule has 0 saturated heterocycles. The fourth-order valence-corrected chi connectivity index (χ4v) is 4.27. The smallest absolute Gasteiger partial charge is 0.407 e. The second-order valence-corrected chi connectivity index (χ2v) is 9.67. The van der Waals surface area contributed by atoms with E-state index in [0.29, 0.717) is 12.3 Å². The highest BCUT2D eigenvalue weighted by atomic mass is 16.6.